The number of anilines is 1. The topological polar surface area (TPSA) is 58.6 Å². The summed E-state index contributed by atoms with van der Waals surface area (Å²) in [4.78, 5) is 26.3. The van der Waals surface area contributed by atoms with Gasteiger partial charge < -0.3 is 10.1 Å². The molecule has 5 nitrogen and oxygen atoms in total. The second kappa shape index (κ2) is 6.34. The Labute approximate surface area is 140 Å². The van der Waals surface area contributed by atoms with Crippen LogP contribution in [0, 0.1) is 0 Å². The molecule has 2 heterocycles. The van der Waals surface area contributed by atoms with Crippen LogP contribution in [0.4, 0.5) is 5.69 Å². The lowest BCUT2D eigenvalue weighted by Crippen LogP contribution is -2.37. The van der Waals surface area contributed by atoms with Gasteiger partial charge in [0.05, 0.1) is 19.6 Å². The van der Waals surface area contributed by atoms with E-state index in [9.17, 15) is 9.59 Å². The van der Waals surface area contributed by atoms with Gasteiger partial charge in [-0.1, -0.05) is 12.1 Å². The molecule has 0 aliphatic carbocycles. The molecule has 0 radical (unpaired) electrons. The predicted octanol–water partition coefficient (Wildman–Crippen LogP) is 2.24. The maximum Gasteiger partial charge on any atom is 0.228 e. The van der Waals surface area contributed by atoms with Gasteiger partial charge in [0, 0.05) is 37.3 Å². The normalized spacial score (nSPS) is 17.8. The highest BCUT2D eigenvalue weighted by Gasteiger charge is 2.18. The van der Waals surface area contributed by atoms with Crippen molar-refractivity contribution in [2.45, 2.75) is 12.8 Å². The van der Waals surface area contributed by atoms with Gasteiger partial charge in [0.2, 0.25) is 5.91 Å². The van der Waals surface area contributed by atoms with E-state index in [0.29, 0.717) is 12.8 Å². The van der Waals surface area contributed by atoms with Crippen molar-refractivity contribution in [2.75, 3.05) is 38.2 Å². The molecule has 0 aromatic heterocycles. The Balaban J connectivity index is 1.50. The maximum absolute atomic E-state index is 12.5. The molecule has 124 valence electrons. The van der Waals surface area contributed by atoms with Crippen LogP contribution in [-0.4, -0.2) is 49.4 Å². The summed E-state index contributed by atoms with van der Waals surface area (Å²) in [6.07, 6.45) is 0.957. The molecule has 0 bridgehead atoms. The molecular formula is C19H20N2O3. The Hall–Kier alpha value is -2.24. The third-order valence-corrected chi connectivity index (χ3v) is 4.77. The first-order valence-corrected chi connectivity index (χ1v) is 8.39. The summed E-state index contributed by atoms with van der Waals surface area (Å²) in [5, 5.41) is 4.92. The van der Waals surface area contributed by atoms with Crippen LogP contribution >= 0.6 is 0 Å². The third kappa shape index (κ3) is 3.05. The van der Waals surface area contributed by atoms with Crippen LogP contribution in [0.3, 0.4) is 0 Å². The number of benzene rings is 2. The fourth-order valence-corrected chi connectivity index (χ4v) is 3.38. The highest BCUT2D eigenvalue weighted by Crippen LogP contribution is 2.29. The van der Waals surface area contributed by atoms with Crippen LogP contribution in [0.5, 0.6) is 0 Å². The van der Waals surface area contributed by atoms with E-state index >= 15 is 0 Å². The average Bonchev–Trinajstić information content (AvgIpc) is 2.96. The van der Waals surface area contributed by atoms with Crippen LogP contribution in [0.2, 0.25) is 0 Å². The number of amides is 1. The van der Waals surface area contributed by atoms with Gasteiger partial charge in [-0.25, -0.2) is 0 Å². The summed E-state index contributed by atoms with van der Waals surface area (Å²) in [7, 11) is 0. The first-order chi connectivity index (χ1) is 11.7. The standard InChI is InChI=1S/C19H20N2O3/c22-18(3-4-21-5-7-24-8-6-21)14-2-1-13-9-16-12-19(23)20-17(16)11-15(13)10-14/h1-2,9-11H,3-8,12H2,(H,20,23). The van der Waals surface area contributed by atoms with Crippen molar-refractivity contribution >= 4 is 28.2 Å². The molecule has 24 heavy (non-hydrogen) atoms. The molecule has 2 aliphatic rings. The number of Topliss-reactive ketones (excluding diaryl/α,β-unsaturated/α-hetero) is 1. The van der Waals surface area contributed by atoms with Crippen molar-refractivity contribution in [3.8, 4) is 0 Å². The van der Waals surface area contributed by atoms with Gasteiger partial charge in [-0.3, -0.25) is 14.5 Å². The van der Waals surface area contributed by atoms with Gasteiger partial charge in [0.25, 0.3) is 0 Å². The van der Waals surface area contributed by atoms with E-state index in [1.54, 1.807) is 0 Å². The van der Waals surface area contributed by atoms with E-state index < -0.39 is 0 Å². The molecular weight excluding hydrogens is 304 g/mol. The zero-order valence-electron chi connectivity index (χ0n) is 13.5. The Morgan fingerprint density at radius 1 is 1.12 bits per heavy atom. The maximum atomic E-state index is 12.5. The molecule has 0 unspecified atom stereocenters. The quantitative estimate of drug-likeness (QED) is 0.876. The lowest BCUT2D eigenvalue weighted by Gasteiger charge is -2.26. The minimum atomic E-state index is 0.0297. The summed E-state index contributed by atoms with van der Waals surface area (Å²) < 4.78 is 5.33. The van der Waals surface area contributed by atoms with Crippen LogP contribution < -0.4 is 5.32 Å². The van der Waals surface area contributed by atoms with E-state index in [1.807, 2.05) is 30.3 Å². The average molecular weight is 324 g/mol. The number of carbonyl (C=O) groups excluding carboxylic acids is 2. The molecule has 0 spiro atoms. The van der Waals surface area contributed by atoms with Crippen LogP contribution in [0.1, 0.15) is 22.3 Å². The molecule has 2 aliphatic heterocycles. The van der Waals surface area contributed by atoms with Gasteiger partial charge in [-0.05, 0) is 34.5 Å². The summed E-state index contributed by atoms with van der Waals surface area (Å²) in [5.41, 5.74) is 2.63. The number of ketones is 1. The molecule has 1 N–H and O–H groups in total. The fraction of sp³-hybridized carbons (Fsp3) is 0.368. The highest BCUT2D eigenvalue weighted by atomic mass is 16.5. The smallest absolute Gasteiger partial charge is 0.228 e. The number of nitrogens with one attached hydrogen (secondary N) is 1. The third-order valence-electron chi connectivity index (χ3n) is 4.77. The minimum Gasteiger partial charge on any atom is -0.379 e. The number of nitrogens with zero attached hydrogens (tertiary/aromatic N) is 1. The molecule has 1 amide bonds. The van der Waals surface area contributed by atoms with Gasteiger partial charge in [-0.2, -0.15) is 0 Å². The van der Waals surface area contributed by atoms with Crippen molar-refractivity contribution in [1.29, 1.82) is 0 Å². The SMILES string of the molecule is O=C1Cc2cc3ccc(C(=O)CCN4CCOCC4)cc3cc2N1. The largest absolute Gasteiger partial charge is 0.379 e. The van der Waals surface area contributed by atoms with Gasteiger partial charge in [0.15, 0.2) is 5.78 Å². The summed E-state index contributed by atoms with van der Waals surface area (Å²) >= 11 is 0. The monoisotopic (exact) mass is 324 g/mol. The molecule has 2 aromatic rings. The fourth-order valence-electron chi connectivity index (χ4n) is 3.38. The van der Waals surface area contributed by atoms with E-state index in [2.05, 4.69) is 10.2 Å². The molecule has 0 atom stereocenters. The van der Waals surface area contributed by atoms with Gasteiger partial charge in [0.1, 0.15) is 0 Å². The molecule has 1 saturated heterocycles. The summed E-state index contributed by atoms with van der Waals surface area (Å²) in [6, 6.07) is 9.79. The Bertz CT molecular complexity index is 810. The van der Waals surface area contributed by atoms with Crippen molar-refractivity contribution < 1.29 is 14.3 Å². The summed E-state index contributed by atoms with van der Waals surface area (Å²) in [5.74, 6) is 0.190. The second-order valence-electron chi connectivity index (χ2n) is 6.42. The predicted molar refractivity (Wildman–Crippen MR) is 92.5 cm³/mol. The number of fused-ring (bicyclic) bond motifs is 2. The van der Waals surface area contributed by atoms with E-state index in [-0.39, 0.29) is 11.7 Å². The van der Waals surface area contributed by atoms with Crippen LogP contribution in [0.15, 0.2) is 30.3 Å². The van der Waals surface area contributed by atoms with E-state index in [0.717, 1.165) is 60.4 Å². The van der Waals surface area contributed by atoms with Crippen LogP contribution in [-0.2, 0) is 16.0 Å². The summed E-state index contributed by atoms with van der Waals surface area (Å²) in [6.45, 7) is 4.08. The zero-order valence-corrected chi connectivity index (χ0v) is 13.5. The number of ether oxygens (including phenoxy) is 1. The van der Waals surface area contributed by atoms with Crippen molar-refractivity contribution in [3.05, 3.63) is 41.5 Å². The van der Waals surface area contributed by atoms with Crippen LogP contribution in [0.25, 0.3) is 10.8 Å². The van der Waals surface area contributed by atoms with Gasteiger partial charge >= 0.3 is 0 Å². The first-order valence-electron chi connectivity index (χ1n) is 8.39. The second-order valence-corrected chi connectivity index (χ2v) is 6.42. The molecule has 5 heteroatoms. The number of hydrogen-bond acceptors (Lipinski definition) is 4. The highest BCUT2D eigenvalue weighted by molar-refractivity contribution is 6.05. The molecule has 2 aromatic carbocycles. The Morgan fingerprint density at radius 2 is 1.96 bits per heavy atom. The number of morpholine rings is 1. The minimum absolute atomic E-state index is 0.0297. The van der Waals surface area contributed by atoms with Gasteiger partial charge in [-0.15, -0.1) is 0 Å². The van der Waals surface area contributed by atoms with Crippen molar-refractivity contribution in [2.24, 2.45) is 0 Å². The van der Waals surface area contributed by atoms with E-state index in [1.165, 1.54) is 0 Å². The Morgan fingerprint density at radius 3 is 2.79 bits per heavy atom. The Kier molecular flexibility index (Phi) is 4.04. The molecule has 4 rings (SSSR count). The lowest BCUT2D eigenvalue weighted by molar-refractivity contribution is -0.115. The van der Waals surface area contributed by atoms with Crippen molar-refractivity contribution in [3.63, 3.8) is 0 Å². The van der Waals surface area contributed by atoms with E-state index in [4.69, 9.17) is 4.74 Å². The zero-order chi connectivity index (χ0) is 16.5. The van der Waals surface area contributed by atoms with Crippen molar-refractivity contribution in [1.82, 2.24) is 4.90 Å². The number of carbonyl (C=O) groups is 2. The number of rotatable bonds is 4. The number of hydrogen-bond donors (Lipinski definition) is 1. The lowest BCUT2D eigenvalue weighted by atomic mass is 10.00. The molecule has 1 fully saturated rings. The molecule has 0 saturated carbocycles. The first kappa shape index (κ1) is 15.3.